The fraction of sp³-hybridized carbons (Fsp3) is 0.429. The molecule has 2 aromatic rings. The second-order valence-electron chi connectivity index (χ2n) is 7.53. The molecule has 10 heteroatoms. The van der Waals surface area contributed by atoms with E-state index in [4.69, 9.17) is 9.47 Å². The number of thiophene rings is 1. The highest BCUT2D eigenvalue weighted by Crippen LogP contribution is 2.36. The van der Waals surface area contributed by atoms with Gasteiger partial charge in [-0.25, -0.2) is 0 Å². The van der Waals surface area contributed by atoms with Gasteiger partial charge in [-0.05, 0) is 42.0 Å². The second-order valence-corrected chi connectivity index (χ2v) is 8.51. The van der Waals surface area contributed by atoms with E-state index in [1.54, 1.807) is 29.6 Å². The Morgan fingerprint density at radius 3 is 2.58 bits per heavy atom. The zero-order valence-corrected chi connectivity index (χ0v) is 17.3. The molecular weight excluding hydrogens is 433 g/mol. The molecule has 1 saturated carbocycles. The molecule has 1 atom stereocenters. The quantitative estimate of drug-likeness (QED) is 0.712. The number of halogens is 3. The van der Waals surface area contributed by atoms with E-state index in [9.17, 15) is 22.8 Å². The number of hydrogen-bond donors (Lipinski definition) is 1. The number of hydrogen-bond acceptors (Lipinski definition) is 5. The molecule has 1 N–H and O–H groups in total. The van der Waals surface area contributed by atoms with Gasteiger partial charge in [0.2, 0.25) is 12.7 Å². The largest absolute Gasteiger partial charge is 0.471 e. The lowest BCUT2D eigenvalue weighted by Gasteiger charge is -2.32. The van der Waals surface area contributed by atoms with Crippen LogP contribution in [0.15, 0.2) is 35.7 Å². The van der Waals surface area contributed by atoms with Crippen molar-refractivity contribution in [3.05, 3.63) is 46.2 Å². The van der Waals surface area contributed by atoms with Crippen LogP contribution >= 0.6 is 11.3 Å². The molecule has 0 saturated heterocycles. The Labute approximate surface area is 180 Å². The average Bonchev–Trinajstić information content (AvgIpc) is 3.48. The molecule has 1 aromatic carbocycles. The summed E-state index contributed by atoms with van der Waals surface area (Å²) in [7, 11) is 0. The van der Waals surface area contributed by atoms with E-state index in [1.165, 1.54) is 6.07 Å². The Morgan fingerprint density at radius 1 is 1.16 bits per heavy atom. The minimum absolute atomic E-state index is 0.0194. The van der Waals surface area contributed by atoms with Crippen molar-refractivity contribution in [2.45, 2.75) is 50.5 Å². The van der Waals surface area contributed by atoms with Gasteiger partial charge in [0.1, 0.15) is 6.04 Å². The number of rotatable bonds is 6. The Morgan fingerprint density at radius 2 is 1.90 bits per heavy atom. The zero-order valence-electron chi connectivity index (χ0n) is 16.5. The Kier molecular flexibility index (Phi) is 6.08. The highest BCUT2D eigenvalue weighted by atomic mass is 32.1. The molecule has 31 heavy (non-hydrogen) atoms. The number of fused-ring (bicyclic) bond motifs is 1. The molecule has 0 spiro atoms. The number of amides is 2. The first-order chi connectivity index (χ1) is 14.8. The van der Waals surface area contributed by atoms with Gasteiger partial charge in [-0.3, -0.25) is 9.59 Å². The van der Waals surface area contributed by atoms with Crippen LogP contribution in [0.3, 0.4) is 0 Å². The Balaban J connectivity index is 1.67. The van der Waals surface area contributed by atoms with E-state index < -0.39 is 30.6 Å². The van der Waals surface area contributed by atoms with Gasteiger partial charge in [0.05, 0.1) is 0 Å². The van der Waals surface area contributed by atoms with Crippen molar-refractivity contribution in [1.29, 1.82) is 0 Å². The third-order valence-electron chi connectivity index (χ3n) is 5.37. The summed E-state index contributed by atoms with van der Waals surface area (Å²) < 4.78 is 51.1. The highest BCUT2D eigenvalue weighted by molar-refractivity contribution is 7.10. The monoisotopic (exact) mass is 454 g/mol. The maximum Gasteiger partial charge on any atom is 0.471 e. The molecule has 166 valence electrons. The molecule has 0 radical (unpaired) electrons. The van der Waals surface area contributed by atoms with Crippen LogP contribution in [0.4, 0.5) is 13.2 Å². The summed E-state index contributed by atoms with van der Waals surface area (Å²) in [6, 6.07) is 6.40. The summed E-state index contributed by atoms with van der Waals surface area (Å²) in [4.78, 5) is 26.5. The molecule has 6 nitrogen and oxygen atoms in total. The van der Waals surface area contributed by atoms with Crippen molar-refractivity contribution in [3.8, 4) is 11.5 Å². The van der Waals surface area contributed by atoms with Crippen LogP contribution in [-0.2, 0) is 16.1 Å². The van der Waals surface area contributed by atoms with Crippen LogP contribution in [-0.4, -0.2) is 35.7 Å². The predicted molar refractivity (Wildman–Crippen MR) is 107 cm³/mol. The number of carbonyl (C=O) groups excluding carboxylic acids is 2. The van der Waals surface area contributed by atoms with E-state index in [0.29, 0.717) is 26.8 Å². The molecule has 2 aliphatic rings. The number of ether oxygens (including phenoxy) is 2. The molecule has 1 aromatic heterocycles. The van der Waals surface area contributed by atoms with E-state index in [1.807, 2.05) is 0 Å². The first kappa shape index (κ1) is 21.5. The molecule has 4 rings (SSSR count). The van der Waals surface area contributed by atoms with Crippen molar-refractivity contribution >= 4 is 23.2 Å². The maximum atomic E-state index is 13.5. The van der Waals surface area contributed by atoms with Crippen LogP contribution in [0.1, 0.15) is 42.2 Å². The normalized spacial score (nSPS) is 16.9. The topological polar surface area (TPSA) is 67.9 Å². The number of alkyl halides is 3. The summed E-state index contributed by atoms with van der Waals surface area (Å²) in [6.07, 6.45) is -1.66. The molecule has 1 unspecified atom stereocenters. The van der Waals surface area contributed by atoms with Crippen LogP contribution in [0.2, 0.25) is 0 Å². The number of nitrogens with zero attached hydrogens (tertiary/aromatic N) is 1. The van der Waals surface area contributed by atoms with Gasteiger partial charge in [-0.2, -0.15) is 13.2 Å². The smallest absolute Gasteiger partial charge is 0.454 e. The molecule has 0 bridgehead atoms. The first-order valence-electron chi connectivity index (χ1n) is 9.93. The number of carbonyl (C=O) groups is 2. The van der Waals surface area contributed by atoms with Crippen molar-refractivity contribution in [2.75, 3.05) is 6.79 Å². The van der Waals surface area contributed by atoms with E-state index >= 15 is 0 Å². The highest BCUT2D eigenvalue weighted by Gasteiger charge is 2.47. The van der Waals surface area contributed by atoms with E-state index in [-0.39, 0.29) is 12.8 Å². The second kappa shape index (κ2) is 8.78. The van der Waals surface area contributed by atoms with Crippen LogP contribution in [0, 0.1) is 0 Å². The molecular formula is C21H21F3N2O4S. The molecule has 2 amide bonds. The van der Waals surface area contributed by atoms with E-state index in [2.05, 4.69) is 5.32 Å². The van der Waals surface area contributed by atoms with Gasteiger partial charge in [-0.15, -0.1) is 11.3 Å². The summed E-state index contributed by atoms with van der Waals surface area (Å²) in [5.41, 5.74) is 0.400. The Bertz CT molecular complexity index is 943. The molecule has 1 aliphatic carbocycles. The minimum atomic E-state index is -5.13. The van der Waals surface area contributed by atoms with Crippen LogP contribution in [0.5, 0.6) is 11.5 Å². The fourth-order valence-corrected chi connectivity index (χ4v) is 4.74. The molecule has 2 heterocycles. The third kappa shape index (κ3) is 4.79. The van der Waals surface area contributed by atoms with Crippen molar-refractivity contribution in [1.82, 2.24) is 10.2 Å². The van der Waals surface area contributed by atoms with Gasteiger partial charge in [-0.1, -0.05) is 25.0 Å². The summed E-state index contributed by atoms with van der Waals surface area (Å²) in [6.45, 7) is -0.388. The standard InChI is InChI=1S/C21H21F3N2O4S/c22-21(23,24)20(28)26(11-13-7-8-15-16(10-13)30-12-29-15)18(17-6-3-9-31-17)19(27)25-14-4-1-2-5-14/h3,6-10,14,18H,1-2,4-5,11-12H2,(H,25,27). The Hall–Kier alpha value is -2.75. The first-order valence-corrected chi connectivity index (χ1v) is 10.8. The van der Waals surface area contributed by atoms with Gasteiger partial charge >= 0.3 is 12.1 Å². The van der Waals surface area contributed by atoms with Gasteiger partial charge in [0.25, 0.3) is 0 Å². The summed E-state index contributed by atoms with van der Waals surface area (Å²) >= 11 is 1.14. The van der Waals surface area contributed by atoms with Gasteiger partial charge in [0.15, 0.2) is 11.5 Å². The fourth-order valence-electron chi connectivity index (χ4n) is 3.90. The van der Waals surface area contributed by atoms with Gasteiger partial charge in [0, 0.05) is 17.5 Å². The van der Waals surface area contributed by atoms with E-state index in [0.717, 1.165) is 37.0 Å². The minimum Gasteiger partial charge on any atom is -0.454 e. The zero-order chi connectivity index (χ0) is 22.0. The van der Waals surface area contributed by atoms with Crippen LogP contribution in [0.25, 0.3) is 0 Å². The number of nitrogens with one attached hydrogen (secondary N) is 1. The van der Waals surface area contributed by atoms with Crippen LogP contribution < -0.4 is 14.8 Å². The lowest BCUT2D eigenvalue weighted by molar-refractivity contribution is -0.189. The third-order valence-corrected chi connectivity index (χ3v) is 6.29. The maximum absolute atomic E-state index is 13.5. The van der Waals surface area contributed by atoms with Gasteiger partial charge < -0.3 is 19.7 Å². The summed E-state index contributed by atoms with van der Waals surface area (Å²) in [5.74, 6) is -1.80. The van der Waals surface area contributed by atoms with Crippen molar-refractivity contribution in [2.24, 2.45) is 0 Å². The van der Waals surface area contributed by atoms with Crippen molar-refractivity contribution in [3.63, 3.8) is 0 Å². The molecule has 1 aliphatic heterocycles. The lowest BCUT2D eigenvalue weighted by Crippen LogP contribution is -2.49. The summed E-state index contributed by atoms with van der Waals surface area (Å²) in [5, 5.41) is 4.51. The number of benzene rings is 1. The molecule has 1 fully saturated rings. The average molecular weight is 454 g/mol. The van der Waals surface area contributed by atoms with Crippen molar-refractivity contribution < 1.29 is 32.2 Å². The SMILES string of the molecule is O=C(NC1CCCC1)C(c1cccs1)N(Cc1ccc2c(c1)OCO2)C(=O)C(F)(F)F. The predicted octanol–water partition coefficient (Wildman–Crippen LogP) is 4.17. The lowest BCUT2D eigenvalue weighted by atomic mass is 10.1.